The zero-order valence-electron chi connectivity index (χ0n) is 7.56. The van der Waals surface area contributed by atoms with Crippen LogP contribution in [0.4, 0.5) is 5.69 Å². The summed E-state index contributed by atoms with van der Waals surface area (Å²) in [7, 11) is 1.39. The topological polar surface area (TPSA) is 65.3 Å². The standard InChI is InChI=1S/C8H5ClN2O3S/c1-14-6-3-7-4(10-8(9)15-7)2-5(6)11(12)13/h2-3H,1H3. The summed E-state index contributed by atoms with van der Waals surface area (Å²) in [6, 6.07) is 2.92. The Hall–Kier alpha value is -1.40. The molecule has 1 aromatic heterocycles. The van der Waals surface area contributed by atoms with E-state index in [1.807, 2.05) is 0 Å². The molecule has 0 atom stereocenters. The minimum Gasteiger partial charge on any atom is -0.490 e. The number of nitro benzene ring substituents is 1. The quantitative estimate of drug-likeness (QED) is 0.602. The van der Waals surface area contributed by atoms with Crippen LogP contribution in [0.5, 0.6) is 5.75 Å². The van der Waals surface area contributed by atoms with Gasteiger partial charge < -0.3 is 4.74 Å². The third-order valence-corrected chi connectivity index (χ3v) is 2.98. The Balaban J connectivity index is 2.73. The molecule has 78 valence electrons. The number of hydrogen-bond acceptors (Lipinski definition) is 5. The van der Waals surface area contributed by atoms with Gasteiger partial charge >= 0.3 is 5.69 Å². The van der Waals surface area contributed by atoms with Gasteiger partial charge in [-0.2, -0.15) is 0 Å². The van der Waals surface area contributed by atoms with Crippen molar-refractivity contribution in [2.24, 2.45) is 0 Å². The van der Waals surface area contributed by atoms with Crippen LogP contribution in [0, 0.1) is 10.1 Å². The molecule has 0 radical (unpaired) electrons. The van der Waals surface area contributed by atoms with E-state index in [-0.39, 0.29) is 11.4 Å². The number of aromatic nitrogens is 1. The fourth-order valence-corrected chi connectivity index (χ4v) is 2.26. The number of nitrogens with zero attached hydrogens (tertiary/aromatic N) is 2. The summed E-state index contributed by atoms with van der Waals surface area (Å²) >= 11 is 6.96. The number of ether oxygens (including phenoxy) is 1. The van der Waals surface area contributed by atoms with Crippen LogP contribution in [0.1, 0.15) is 0 Å². The van der Waals surface area contributed by atoms with Crippen molar-refractivity contribution in [1.82, 2.24) is 4.98 Å². The summed E-state index contributed by atoms with van der Waals surface area (Å²) in [4.78, 5) is 14.1. The van der Waals surface area contributed by atoms with E-state index in [2.05, 4.69) is 4.98 Å². The summed E-state index contributed by atoms with van der Waals surface area (Å²) < 4.78 is 6.04. The van der Waals surface area contributed by atoms with E-state index in [9.17, 15) is 10.1 Å². The van der Waals surface area contributed by atoms with E-state index in [4.69, 9.17) is 16.3 Å². The molecule has 2 rings (SSSR count). The van der Waals surface area contributed by atoms with Gasteiger partial charge in [-0.05, 0) is 0 Å². The SMILES string of the molecule is COc1cc2sc(Cl)nc2cc1[N+](=O)[O-]. The molecule has 0 saturated carbocycles. The van der Waals surface area contributed by atoms with Crippen molar-refractivity contribution >= 4 is 38.8 Å². The Morgan fingerprint density at radius 1 is 1.60 bits per heavy atom. The number of rotatable bonds is 2. The maximum atomic E-state index is 10.7. The Kier molecular flexibility index (Phi) is 2.45. The second-order valence-corrected chi connectivity index (χ2v) is 4.33. The van der Waals surface area contributed by atoms with Gasteiger partial charge in [-0.3, -0.25) is 10.1 Å². The molecule has 0 N–H and O–H groups in total. The van der Waals surface area contributed by atoms with Crippen molar-refractivity contribution < 1.29 is 9.66 Å². The lowest BCUT2D eigenvalue weighted by atomic mass is 10.3. The van der Waals surface area contributed by atoms with Crippen LogP contribution in [-0.4, -0.2) is 17.0 Å². The van der Waals surface area contributed by atoms with Crippen molar-refractivity contribution in [1.29, 1.82) is 0 Å². The molecule has 5 nitrogen and oxygen atoms in total. The summed E-state index contributed by atoms with van der Waals surface area (Å²) in [5.74, 6) is 0.216. The van der Waals surface area contributed by atoms with E-state index in [0.717, 1.165) is 4.70 Å². The van der Waals surface area contributed by atoms with E-state index < -0.39 is 4.92 Å². The van der Waals surface area contributed by atoms with E-state index in [1.54, 1.807) is 6.07 Å². The van der Waals surface area contributed by atoms with E-state index in [0.29, 0.717) is 9.98 Å². The summed E-state index contributed by atoms with van der Waals surface area (Å²) in [5, 5.41) is 10.7. The first-order chi connectivity index (χ1) is 7.11. The highest BCUT2D eigenvalue weighted by Crippen LogP contribution is 2.35. The molecular formula is C8H5ClN2O3S. The van der Waals surface area contributed by atoms with Crippen LogP contribution >= 0.6 is 22.9 Å². The van der Waals surface area contributed by atoms with Crippen molar-refractivity contribution in [3.05, 3.63) is 26.7 Å². The highest BCUT2D eigenvalue weighted by atomic mass is 35.5. The fraction of sp³-hybridized carbons (Fsp3) is 0.125. The predicted octanol–water partition coefficient (Wildman–Crippen LogP) is 2.87. The van der Waals surface area contributed by atoms with Gasteiger partial charge in [0, 0.05) is 12.1 Å². The second kappa shape index (κ2) is 3.63. The molecule has 0 aliphatic heterocycles. The third kappa shape index (κ3) is 1.73. The van der Waals surface area contributed by atoms with Gasteiger partial charge in [-0.15, -0.1) is 11.3 Å². The van der Waals surface area contributed by atoms with Gasteiger partial charge in [0.25, 0.3) is 0 Å². The Bertz CT molecular complexity index is 540. The van der Waals surface area contributed by atoms with E-state index in [1.165, 1.54) is 24.5 Å². The van der Waals surface area contributed by atoms with Crippen LogP contribution in [0.2, 0.25) is 4.47 Å². The van der Waals surface area contributed by atoms with Crippen LogP contribution < -0.4 is 4.74 Å². The van der Waals surface area contributed by atoms with Crippen LogP contribution in [0.3, 0.4) is 0 Å². The smallest absolute Gasteiger partial charge is 0.313 e. The number of methoxy groups -OCH3 is 1. The summed E-state index contributed by atoms with van der Waals surface area (Å²) in [6.07, 6.45) is 0. The van der Waals surface area contributed by atoms with Crippen LogP contribution in [0.15, 0.2) is 12.1 Å². The fourth-order valence-electron chi connectivity index (χ4n) is 1.22. The van der Waals surface area contributed by atoms with Gasteiger partial charge in [0.05, 0.1) is 22.2 Å². The van der Waals surface area contributed by atoms with Crippen LogP contribution in [0.25, 0.3) is 10.2 Å². The average molecular weight is 245 g/mol. The van der Waals surface area contributed by atoms with Crippen LogP contribution in [-0.2, 0) is 0 Å². The van der Waals surface area contributed by atoms with E-state index >= 15 is 0 Å². The number of benzene rings is 1. The van der Waals surface area contributed by atoms with Crippen molar-refractivity contribution in [3.8, 4) is 5.75 Å². The summed E-state index contributed by atoms with van der Waals surface area (Å²) in [5.41, 5.74) is 0.407. The molecule has 1 heterocycles. The van der Waals surface area contributed by atoms with Crippen molar-refractivity contribution in [2.45, 2.75) is 0 Å². The Morgan fingerprint density at radius 2 is 2.33 bits per heavy atom. The zero-order chi connectivity index (χ0) is 11.0. The Morgan fingerprint density at radius 3 is 2.93 bits per heavy atom. The number of nitro groups is 1. The average Bonchev–Trinajstić information content (AvgIpc) is 2.54. The van der Waals surface area contributed by atoms with Crippen molar-refractivity contribution in [3.63, 3.8) is 0 Å². The molecule has 1 aromatic carbocycles. The van der Waals surface area contributed by atoms with Gasteiger partial charge in [0.2, 0.25) is 0 Å². The predicted molar refractivity (Wildman–Crippen MR) is 57.8 cm³/mol. The maximum absolute atomic E-state index is 10.7. The lowest BCUT2D eigenvalue weighted by molar-refractivity contribution is -0.385. The third-order valence-electron chi connectivity index (χ3n) is 1.86. The molecule has 0 spiro atoms. The first-order valence-corrected chi connectivity index (χ1v) is 5.09. The molecule has 15 heavy (non-hydrogen) atoms. The maximum Gasteiger partial charge on any atom is 0.313 e. The van der Waals surface area contributed by atoms with Gasteiger partial charge in [-0.1, -0.05) is 11.6 Å². The molecule has 7 heteroatoms. The largest absolute Gasteiger partial charge is 0.490 e. The normalized spacial score (nSPS) is 10.5. The molecule has 0 amide bonds. The molecule has 0 bridgehead atoms. The molecule has 0 fully saturated rings. The summed E-state index contributed by atoms with van der Waals surface area (Å²) in [6.45, 7) is 0. The first kappa shape index (κ1) is 10.1. The van der Waals surface area contributed by atoms with Gasteiger partial charge in [0.1, 0.15) is 0 Å². The minimum absolute atomic E-state index is 0.105. The highest BCUT2D eigenvalue weighted by molar-refractivity contribution is 7.22. The zero-order valence-corrected chi connectivity index (χ0v) is 9.13. The minimum atomic E-state index is -0.508. The lowest BCUT2D eigenvalue weighted by Gasteiger charge is -2.00. The van der Waals surface area contributed by atoms with Gasteiger partial charge in [0.15, 0.2) is 10.2 Å². The van der Waals surface area contributed by atoms with Gasteiger partial charge in [-0.25, -0.2) is 4.98 Å². The first-order valence-electron chi connectivity index (χ1n) is 3.90. The number of halogens is 1. The highest BCUT2D eigenvalue weighted by Gasteiger charge is 2.17. The second-order valence-electron chi connectivity index (χ2n) is 2.72. The number of thiazole rings is 1. The molecular weight excluding hydrogens is 240 g/mol. The molecule has 0 saturated heterocycles. The molecule has 2 aromatic rings. The number of hydrogen-bond donors (Lipinski definition) is 0. The monoisotopic (exact) mass is 244 g/mol. The molecule has 0 aliphatic rings. The molecule has 0 aliphatic carbocycles. The molecule has 0 unspecified atom stereocenters. The lowest BCUT2D eigenvalue weighted by Crippen LogP contribution is -1.93. The number of fused-ring (bicyclic) bond motifs is 1. The Labute approximate surface area is 93.4 Å². The van der Waals surface area contributed by atoms with Crippen molar-refractivity contribution in [2.75, 3.05) is 7.11 Å².